The molecule has 4 heteroatoms. The molecule has 0 aromatic heterocycles. The van der Waals surface area contributed by atoms with Gasteiger partial charge in [-0.25, -0.2) is 0 Å². The van der Waals surface area contributed by atoms with Crippen molar-refractivity contribution in [3.63, 3.8) is 0 Å². The second kappa shape index (κ2) is 4.46. The van der Waals surface area contributed by atoms with E-state index in [1.165, 1.54) is 0 Å². The zero-order valence-corrected chi connectivity index (χ0v) is 8.08. The largest absolute Gasteiger partial charge is 0.496 e. The van der Waals surface area contributed by atoms with E-state index in [0.29, 0.717) is 10.8 Å². The van der Waals surface area contributed by atoms with Crippen molar-refractivity contribution < 1.29 is 9.84 Å². The summed E-state index contributed by atoms with van der Waals surface area (Å²) in [5.74, 6) is 0.644. The first-order valence-corrected chi connectivity index (χ1v) is 4.26. The van der Waals surface area contributed by atoms with Gasteiger partial charge in [0.1, 0.15) is 5.75 Å². The molecule has 0 aliphatic heterocycles. The number of nitrogens with two attached hydrogens (primary N) is 1. The monoisotopic (exact) mass is 201 g/mol. The number of benzene rings is 1. The SMILES string of the molecule is COc1ccc(Cl)cc1C(N)CO. The average Bonchev–Trinajstić information content (AvgIpc) is 2.16. The highest BCUT2D eigenvalue weighted by Crippen LogP contribution is 2.26. The van der Waals surface area contributed by atoms with E-state index < -0.39 is 6.04 Å². The van der Waals surface area contributed by atoms with Crippen molar-refractivity contribution in [3.05, 3.63) is 28.8 Å². The molecule has 3 nitrogen and oxygen atoms in total. The van der Waals surface area contributed by atoms with Crippen molar-refractivity contribution >= 4 is 11.6 Å². The van der Waals surface area contributed by atoms with Gasteiger partial charge in [0.25, 0.3) is 0 Å². The Labute approximate surface area is 82.1 Å². The Morgan fingerprint density at radius 1 is 1.62 bits per heavy atom. The summed E-state index contributed by atoms with van der Waals surface area (Å²) in [6, 6.07) is 4.69. The number of hydrogen-bond acceptors (Lipinski definition) is 3. The predicted molar refractivity (Wildman–Crippen MR) is 52.0 cm³/mol. The van der Waals surface area contributed by atoms with E-state index in [-0.39, 0.29) is 6.61 Å². The highest BCUT2D eigenvalue weighted by Gasteiger charge is 2.10. The van der Waals surface area contributed by atoms with Gasteiger partial charge >= 0.3 is 0 Å². The van der Waals surface area contributed by atoms with E-state index in [1.54, 1.807) is 25.3 Å². The molecule has 0 heterocycles. The lowest BCUT2D eigenvalue weighted by Gasteiger charge is -2.13. The first kappa shape index (κ1) is 10.3. The predicted octanol–water partition coefficient (Wildman–Crippen LogP) is 1.34. The number of aliphatic hydroxyl groups is 1. The molecule has 1 aromatic carbocycles. The molecule has 1 aromatic rings. The van der Waals surface area contributed by atoms with Crippen molar-refractivity contribution in [2.45, 2.75) is 6.04 Å². The summed E-state index contributed by atoms with van der Waals surface area (Å²) >= 11 is 5.78. The van der Waals surface area contributed by atoms with Crippen LogP contribution in [0.15, 0.2) is 18.2 Å². The van der Waals surface area contributed by atoms with Crippen LogP contribution in [0.4, 0.5) is 0 Å². The van der Waals surface area contributed by atoms with E-state index >= 15 is 0 Å². The van der Waals surface area contributed by atoms with Gasteiger partial charge in [-0.1, -0.05) is 11.6 Å². The van der Waals surface area contributed by atoms with Crippen LogP contribution in [0.3, 0.4) is 0 Å². The molecular weight excluding hydrogens is 190 g/mol. The number of ether oxygens (including phenoxy) is 1. The van der Waals surface area contributed by atoms with Gasteiger partial charge in [-0.3, -0.25) is 0 Å². The summed E-state index contributed by atoms with van der Waals surface area (Å²) in [6.45, 7) is -0.128. The van der Waals surface area contributed by atoms with Crippen LogP contribution in [-0.2, 0) is 0 Å². The Kier molecular flexibility index (Phi) is 3.54. The lowest BCUT2D eigenvalue weighted by Crippen LogP contribution is -2.15. The maximum atomic E-state index is 8.88. The summed E-state index contributed by atoms with van der Waals surface area (Å²) < 4.78 is 5.07. The zero-order valence-electron chi connectivity index (χ0n) is 7.33. The van der Waals surface area contributed by atoms with Gasteiger partial charge in [-0.2, -0.15) is 0 Å². The Balaban J connectivity index is 3.07. The third-order valence-electron chi connectivity index (χ3n) is 1.79. The second-order valence-corrected chi connectivity index (χ2v) is 3.11. The molecule has 13 heavy (non-hydrogen) atoms. The molecule has 3 N–H and O–H groups in total. The van der Waals surface area contributed by atoms with E-state index in [1.807, 2.05) is 0 Å². The molecule has 0 spiro atoms. The van der Waals surface area contributed by atoms with E-state index in [2.05, 4.69) is 0 Å². The molecule has 0 bridgehead atoms. The van der Waals surface area contributed by atoms with Crippen LogP contribution in [-0.4, -0.2) is 18.8 Å². The molecule has 0 fully saturated rings. The number of hydrogen-bond donors (Lipinski definition) is 2. The standard InChI is InChI=1S/C9H12ClNO2/c1-13-9-3-2-6(10)4-7(9)8(11)5-12/h2-4,8,12H,5,11H2,1H3. The van der Waals surface area contributed by atoms with Gasteiger partial charge in [0.2, 0.25) is 0 Å². The zero-order chi connectivity index (χ0) is 9.84. The molecular formula is C9H12ClNO2. The van der Waals surface area contributed by atoms with Crippen LogP contribution in [0.2, 0.25) is 5.02 Å². The van der Waals surface area contributed by atoms with E-state index in [0.717, 1.165) is 5.56 Å². The summed E-state index contributed by atoms with van der Waals surface area (Å²) in [5.41, 5.74) is 6.37. The maximum Gasteiger partial charge on any atom is 0.123 e. The number of methoxy groups -OCH3 is 1. The Hall–Kier alpha value is -0.770. The molecule has 0 amide bonds. The first-order valence-electron chi connectivity index (χ1n) is 3.89. The number of halogens is 1. The third kappa shape index (κ3) is 2.34. The van der Waals surface area contributed by atoms with Crippen molar-refractivity contribution in [3.8, 4) is 5.75 Å². The molecule has 1 rings (SSSR count). The van der Waals surface area contributed by atoms with Crippen molar-refractivity contribution in [1.29, 1.82) is 0 Å². The minimum atomic E-state index is -0.450. The summed E-state index contributed by atoms with van der Waals surface area (Å²) in [6.07, 6.45) is 0. The average molecular weight is 202 g/mol. The normalized spacial score (nSPS) is 12.6. The van der Waals surface area contributed by atoms with Gasteiger partial charge in [-0.15, -0.1) is 0 Å². The van der Waals surface area contributed by atoms with E-state index in [4.69, 9.17) is 27.2 Å². The first-order chi connectivity index (χ1) is 6.19. The summed E-state index contributed by atoms with van der Waals surface area (Å²) in [5, 5.41) is 9.46. The quantitative estimate of drug-likeness (QED) is 0.776. The van der Waals surface area contributed by atoms with Gasteiger partial charge in [0, 0.05) is 10.6 Å². The fourth-order valence-electron chi connectivity index (χ4n) is 1.09. The van der Waals surface area contributed by atoms with Crippen LogP contribution in [0.1, 0.15) is 11.6 Å². The fourth-order valence-corrected chi connectivity index (χ4v) is 1.27. The summed E-state index contributed by atoms with van der Waals surface area (Å²) in [7, 11) is 1.55. The highest BCUT2D eigenvalue weighted by atomic mass is 35.5. The molecule has 0 saturated heterocycles. The molecule has 0 aliphatic rings. The van der Waals surface area contributed by atoms with Gasteiger partial charge in [0.05, 0.1) is 19.8 Å². The second-order valence-electron chi connectivity index (χ2n) is 2.68. The Morgan fingerprint density at radius 2 is 2.31 bits per heavy atom. The van der Waals surface area contributed by atoms with Gasteiger partial charge in [0.15, 0.2) is 0 Å². The third-order valence-corrected chi connectivity index (χ3v) is 2.02. The topological polar surface area (TPSA) is 55.5 Å². The van der Waals surface area contributed by atoms with Crippen molar-refractivity contribution in [2.24, 2.45) is 5.73 Å². The Morgan fingerprint density at radius 3 is 2.85 bits per heavy atom. The summed E-state index contributed by atoms with van der Waals surface area (Å²) in [4.78, 5) is 0. The molecule has 0 radical (unpaired) electrons. The fraction of sp³-hybridized carbons (Fsp3) is 0.333. The van der Waals surface area contributed by atoms with Crippen molar-refractivity contribution in [1.82, 2.24) is 0 Å². The van der Waals surface area contributed by atoms with E-state index in [9.17, 15) is 0 Å². The van der Waals surface area contributed by atoms with Crippen LogP contribution < -0.4 is 10.5 Å². The van der Waals surface area contributed by atoms with Crippen molar-refractivity contribution in [2.75, 3.05) is 13.7 Å². The number of aliphatic hydroxyl groups excluding tert-OH is 1. The van der Waals surface area contributed by atoms with Crippen LogP contribution in [0.5, 0.6) is 5.75 Å². The van der Waals surface area contributed by atoms with Crippen LogP contribution in [0, 0.1) is 0 Å². The Bertz CT molecular complexity index is 291. The van der Waals surface area contributed by atoms with Crippen LogP contribution in [0.25, 0.3) is 0 Å². The van der Waals surface area contributed by atoms with Crippen LogP contribution >= 0.6 is 11.6 Å². The van der Waals surface area contributed by atoms with Gasteiger partial charge < -0.3 is 15.6 Å². The van der Waals surface area contributed by atoms with Gasteiger partial charge in [-0.05, 0) is 18.2 Å². The number of rotatable bonds is 3. The molecule has 1 atom stereocenters. The molecule has 72 valence electrons. The highest BCUT2D eigenvalue weighted by molar-refractivity contribution is 6.30. The molecule has 1 unspecified atom stereocenters. The lowest BCUT2D eigenvalue weighted by atomic mass is 10.1. The minimum Gasteiger partial charge on any atom is -0.496 e. The molecule has 0 aliphatic carbocycles. The lowest BCUT2D eigenvalue weighted by molar-refractivity contribution is 0.264. The molecule has 0 saturated carbocycles. The smallest absolute Gasteiger partial charge is 0.123 e. The minimum absolute atomic E-state index is 0.128. The maximum absolute atomic E-state index is 8.88.